The average Bonchev–Trinajstić information content (AvgIpc) is 3.08. The maximum absolute atomic E-state index is 12.2. The molecule has 1 unspecified atom stereocenters. The number of primary amides is 1. The Morgan fingerprint density at radius 1 is 1.33 bits per heavy atom. The molecule has 1 aromatic heterocycles. The fourth-order valence-corrected chi connectivity index (χ4v) is 2.91. The molecule has 0 saturated heterocycles. The molecule has 1 fully saturated rings. The van der Waals surface area contributed by atoms with Crippen LogP contribution in [0.25, 0.3) is 0 Å². The number of anilines is 2. The normalized spacial score (nSPS) is 15.8. The third-order valence-electron chi connectivity index (χ3n) is 4.15. The van der Waals surface area contributed by atoms with E-state index >= 15 is 0 Å². The van der Waals surface area contributed by atoms with Crippen LogP contribution in [0.2, 0.25) is 0 Å². The molecule has 0 bridgehead atoms. The summed E-state index contributed by atoms with van der Waals surface area (Å²) in [7, 11) is 3.43. The highest BCUT2D eigenvalue weighted by molar-refractivity contribution is 5.95. The van der Waals surface area contributed by atoms with Crippen molar-refractivity contribution in [3.8, 4) is 0 Å². The number of nitrogens with zero attached hydrogens (tertiary/aromatic N) is 4. The molecule has 9 nitrogen and oxygen atoms in total. The van der Waals surface area contributed by atoms with Gasteiger partial charge in [0.1, 0.15) is 0 Å². The van der Waals surface area contributed by atoms with Gasteiger partial charge in [0.15, 0.2) is 11.5 Å². The Labute approximate surface area is 141 Å². The average molecular weight is 335 g/mol. The zero-order chi connectivity index (χ0) is 17.7. The van der Waals surface area contributed by atoms with Crippen molar-refractivity contribution in [3.05, 3.63) is 5.69 Å². The van der Waals surface area contributed by atoms with Crippen molar-refractivity contribution >= 4 is 23.6 Å². The van der Waals surface area contributed by atoms with Crippen LogP contribution in [-0.2, 0) is 4.79 Å². The fourth-order valence-electron chi connectivity index (χ4n) is 2.91. The highest BCUT2D eigenvalue weighted by Crippen LogP contribution is 2.24. The van der Waals surface area contributed by atoms with Crippen molar-refractivity contribution in [2.75, 3.05) is 30.9 Å². The molecule has 2 rings (SSSR count). The maximum atomic E-state index is 12.2. The van der Waals surface area contributed by atoms with Crippen molar-refractivity contribution in [3.63, 3.8) is 0 Å². The molecule has 1 aliphatic rings. The summed E-state index contributed by atoms with van der Waals surface area (Å²) in [5.74, 6) is 0.202. The molecule has 24 heavy (non-hydrogen) atoms. The predicted octanol–water partition coefficient (Wildman–Crippen LogP) is 0.143. The number of hydrogen-bond acceptors (Lipinski definition) is 7. The van der Waals surface area contributed by atoms with Gasteiger partial charge in [0.25, 0.3) is 5.91 Å². The van der Waals surface area contributed by atoms with Crippen molar-refractivity contribution < 1.29 is 9.59 Å². The quantitative estimate of drug-likeness (QED) is 0.647. The summed E-state index contributed by atoms with van der Waals surface area (Å²) >= 11 is 0. The summed E-state index contributed by atoms with van der Waals surface area (Å²) in [5, 5.41) is 13.6. The van der Waals surface area contributed by atoms with Gasteiger partial charge in [-0.1, -0.05) is 12.8 Å². The molecule has 132 valence electrons. The van der Waals surface area contributed by atoms with Crippen LogP contribution in [0, 0.1) is 5.92 Å². The molecular formula is C15H25N7O2. The number of rotatable bonds is 7. The number of aromatic nitrogens is 3. The Morgan fingerprint density at radius 2 is 2.00 bits per heavy atom. The number of nitrogens with two attached hydrogens (primary N) is 1. The fraction of sp³-hybridized carbons (Fsp3) is 0.667. The highest BCUT2D eigenvalue weighted by atomic mass is 16.2. The Bertz CT molecular complexity index is 601. The largest absolute Gasteiger partial charge is 0.371 e. The molecule has 1 saturated carbocycles. The van der Waals surface area contributed by atoms with Gasteiger partial charge in [0.2, 0.25) is 11.9 Å². The van der Waals surface area contributed by atoms with Crippen LogP contribution >= 0.6 is 0 Å². The second kappa shape index (κ2) is 7.89. The second-order valence-electron chi connectivity index (χ2n) is 6.19. The molecule has 1 heterocycles. The summed E-state index contributed by atoms with van der Waals surface area (Å²) in [4.78, 5) is 29.5. The van der Waals surface area contributed by atoms with E-state index in [0.29, 0.717) is 12.5 Å². The topological polar surface area (TPSA) is 126 Å². The van der Waals surface area contributed by atoms with Gasteiger partial charge in [-0.2, -0.15) is 4.98 Å². The van der Waals surface area contributed by atoms with E-state index in [9.17, 15) is 9.59 Å². The number of likely N-dealkylation sites (N-methyl/N-ethyl adjacent to an activating group) is 1. The zero-order valence-electron chi connectivity index (χ0n) is 14.4. The Balaban J connectivity index is 1.96. The molecule has 0 radical (unpaired) electrons. The van der Waals surface area contributed by atoms with E-state index in [1.54, 1.807) is 19.0 Å². The van der Waals surface area contributed by atoms with E-state index < -0.39 is 5.91 Å². The first-order chi connectivity index (χ1) is 11.4. The number of hydrogen-bond donors (Lipinski definition) is 3. The van der Waals surface area contributed by atoms with Crippen molar-refractivity contribution in [2.45, 2.75) is 38.6 Å². The van der Waals surface area contributed by atoms with Gasteiger partial charge in [-0.15, -0.1) is 10.2 Å². The lowest BCUT2D eigenvalue weighted by Crippen LogP contribution is -2.43. The van der Waals surface area contributed by atoms with E-state index in [4.69, 9.17) is 5.73 Å². The molecule has 1 atom stereocenters. The molecule has 1 aromatic rings. The SMILES string of the molecule is CNc1nc(N(C)CC(C)NC(=O)C2CCCC2)nnc1C(N)=O. The summed E-state index contributed by atoms with van der Waals surface area (Å²) in [6.45, 7) is 2.47. The Morgan fingerprint density at radius 3 is 2.58 bits per heavy atom. The number of carbonyl (C=O) groups excluding carboxylic acids is 2. The van der Waals surface area contributed by atoms with Crippen molar-refractivity contribution in [2.24, 2.45) is 11.7 Å². The minimum absolute atomic E-state index is 0.00256. The molecule has 0 aliphatic heterocycles. The third kappa shape index (κ3) is 4.30. The predicted molar refractivity (Wildman–Crippen MR) is 90.7 cm³/mol. The monoisotopic (exact) mass is 335 g/mol. The van der Waals surface area contributed by atoms with Gasteiger partial charge in [0, 0.05) is 32.6 Å². The lowest BCUT2D eigenvalue weighted by atomic mass is 10.1. The third-order valence-corrected chi connectivity index (χ3v) is 4.15. The first-order valence-corrected chi connectivity index (χ1v) is 8.16. The summed E-state index contributed by atoms with van der Waals surface area (Å²) in [6, 6.07) is -0.0550. The first kappa shape index (κ1) is 17.9. The van der Waals surface area contributed by atoms with Gasteiger partial charge in [0.05, 0.1) is 0 Å². The number of nitrogens with one attached hydrogen (secondary N) is 2. The summed E-state index contributed by atoms with van der Waals surface area (Å²) < 4.78 is 0. The van der Waals surface area contributed by atoms with Gasteiger partial charge >= 0.3 is 0 Å². The Hall–Kier alpha value is -2.45. The van der Waals surface area contributed by atoms with E-state index in [0.717, 1.165) is 25.7 Å². The van der Waals surface area contributed by atoms with Crippen LogP contribution in [0.5, 0.6) is 0 Å². The minimum Gasteiger partial charge on any atom is -0.371 e. The molecule has 0 aromatic carbocycles. The molecule has 4 N–H and O–H groups in total. The minimum atomic E-state index is -0.689. The molecule has 9 heteroatoms. The van der Waals surface area contributed by atoms with Gasteiger partial charge in [-0.25, -0.2) is 0 Å². The van der Waals surface area contributed by atoms with Crippen LogP contribution in [0.3, 0.4) is 0 Å². The second-order valence-corrected chi connectivity index (χ2v) is 6.19. The van der Waals surface area contributed by atoms with Crippen LogP contribution in [0.15, 0.2) is 0 Å². The highest BCUT2D eigenvalue weighted by Gasteiger charge is 2.24. The summed E-state index contributed by atoms with van der Waals surface area (Å²) in [6.07, 6.45) is 4.21. The Kier molecular flexibility index (Phi) is 5.88. The van der Waals surface area contributed by atoms with Crippen LogP contribution in [0.4, 0.5) is 11.8 Å². The van der Waals surface area contributed by atoms with Gasteiger partial charge in [-0.3, -0.25) is 9.59 Å². The maximum Gasteiger partial charge on any atom is 0.273 e. The van der Waals surface area contributed by atoms with E-state index in [2.05, 4.69) is 25.8 Å². The lowest BCUT2D eigenvalue weighted by molar-refractivity contribution is -0.125. The van der Waals surface area contributed by atoms with Crippen LogP contribution in [-0.4, -0.2) is 53.7 Å². The van der Waals surface area contributed by atoms with Crippen LogP contribution in [0.1, 0.15) is 43.1 Å². The smallest absolute Gasteiger partial charge is 0.273 e. The van der Waals surface area contributed by atoms with Gasteiger partial charge in [-0.05, 0) is 19.8 Å². The van der Waals surface area contributed by atoms with Crippen molar-refractivity contribution in [1.82, 2.24) is 20.5 Å². The lowest BCUT2D eigenvalue weighted by Gasteiger charge is -2.23. The van der Waals surface area contributed by atoms with E-state index in [1.165, 1.54) is 0 Å². The van der Waals surface area contributed by atoms with Crippen molar-refractivity contribution in [1.29, 1.82) is 0 Å². The van der Waals surface area contributed by atoms with Crippen LogP contribution < -0.4 is 21.3 Å². The first-order valence-electron chi connectivity index (χ1n) is 8.16. The van der Waals surface area contributed by atoms with Gasteiger partial charge < -0.3 is 21.3 Å². The molecule has 1 aliphatic carbocycles. The molecular weight excluding hydrogens is 310 g/mol. The van der Waals surface area contributed by atoms with E-state index in [1.807, 2.05) is 6.92 Å². The molecule has 2 amide bonds. The molecule has 0 spiro atoms. The standard InChI is InChI=1S/C15H25N7O2/c1-9(18-14(24)10-6-4-5-7-10)8-22(3)15-19-13(17-2)11(12(16)23)20-21-15/h9-10H,4-8H2,1-3H3,(H2,16,23)(H,18,24)(H,17,19,21). The zero-order valence-corrected chi connectivity index (χ0v) is 14.4. The summed E-state index contributed by atoms with van der Waals surface area (Å²) in [5.41, 5.74) is 5.23. The number of carbonyl (C=O) groups is 2. The number of amides is 2. The van der Waals surface area contributed by atoms with E-state index in [-0.39, 0.29) is 29.4 Å².